The Balaban J connectivity index is 1.60. The van der Waals surface area contributed by atoms with E-state index in [1.165, 1.54) is 12.1 Å². The molecule has 0 aromatic heterocycles. The van der Waals surface area contributed by atoms with Crippen molar-refractivity contribution >= 4 is 29.2 Å². The Kier molecular flexibility index (Phi) is 7.01. The normalized spacial score (nSPS) is 11.3. The van der Waals surface area contributed by atoms with Gasteiger partial charge in [0.25, 0.3) is 11.8 Å². The molecule has 0 saturated heterocycles. The van der Waals surface area contributed by atoms with Crippen LogP contribution in [0.3, 0.4) is 0 Å². The van der Waals surface area contributed by atoms with Crippen molar-refractivity contribution in [2.45, 2.75) is 13.0 Å². The fourth-order valence-corrected chi connectivity index (χ4v) is 2.91. The Hall–Kier alpha value is -4.13. The van der Waals surface area contributed by atoms with E-state index in [1.807, 2.05) is 37.3 Å². The summed E-state index contributed by atoms with van der Waals surface area (Å²) >= 11 is 0. The first-order valence-electron chi connectivity index (χ1n) is 9.71. The summed E-state index contributed by atoms with van der Waals surface area (Å²) in [6, 6.07) is 22.2. The second-order valence-corrected chi connectivity index (χ2v) is 6.90. The molecule has 3 aromatic rings. The maximum absolute atomic E-state index is 12.8. The van der Waals surface area contributed by atoms with Gasteiger partial charge in [0.05, 0.1) is 22.9 Å². The zero-order valence-electron chi connectivity index (χ0n) is 17.0. The molecule has 0 bridgehead atoms. The van der Waals surface area contributed by atoms with Crippen molar-refractivity contribution in [1.29, 1.82) is 0 Å². The van der Waals surface area contributed by atoms with E-state index >= 15 is 0 Å². The highest BCUT2D eigenvalue weighted by Crippen LogP contribution is 2.18. The van der Waals surface area contributed by atoms with Crippen molar-refractivity contribution in [3.63, 3.8) is 0 Å². The summed E-state index contributed by atoms with van der Waals surface area (Å²) in [5.74, 6) is -1.52. The number of benzene rings is 3. The largest absolute Gasteiger partial charge is 0.452 e. The van der Waals surface area contributed by atoms with Crippen LogP contribution in [0, 0.1) is 0 Å². The monoisotopic (exact) mass is 417 g/mol. The Morgan fingerprint density at radius 2 is 1.55 bits per heavy atom. The van der Waals surface area contributed by atoms with Crippen molar-refractivity contribution in [2.24, 2.45) is 0 Å². The molecular weight excluding hydrogens is 394 g/mol. The van der Waals surface area contributed by atoms with E-state index in [2.05, 4.69) is 10.6 Å². The van der Waals surface area contributed by atoms with E-state index in [-0.39, 0.29) is 17.5 Å². The van der Waals surface area contributed by atoms with Gasteiger partial charge in [-0.1, -0.05) is 42.5 Å². The SMILES string of the molecule is C[C@H](NC(=O)c1ccccc1NC(=O)COC(=O)c1ccc(N)cc1)c1ccccc1. The summed E-state index contributed by atoms with van der Waals surface area (Å²) in [5.41, 5.74) is 8.00. The summed E-state index contributed by atoms with van der Waals surface area (Å²) in [7, 11) is 0. The first kappa shape index (κ1) is 21.6. The van der Waals surface area contributed by atoms with E-state index in [0.29, 0.717) is 16.9 Å². The van der Waals surface area contributed by atoms with E-state index in [1.54, 1.807) is 36.4 Å². The number of ether oxygens (including phenoxy) is 1. The third-order valence-corrected chi connectivity index (χ3v) is 4.57. The lowest BCUT2D eigenvalue weighted by Gasteiger charge is -2.16. The van der Waals surface area contributed by atoms with Crippen molar-refractivity contribution < 1.29 is 19.1 Å². The first-order valence-corrected chi connectivity index (χ1v) is 9.71. The Morgan fingerprint density at radius 1 is 0.903 bits per heavy atom. The van der Waals surface area contributed by atoms with Gasteiger partial charge in [0, 0.05) is 5.69 Å². The third kappa shape index (κ3) is 5.93. The predicted octanol–water partition coefficient (Wildman–Crippen LogP) is 3.56. The van der Waals surface area contributed by atoms with Gasteiger partial charge in [0.15, 0.2) is 6.61 Å². The van der Waals surface area contributed by atoms with Gasteiger partial charge in [-0.2, -0.15) is 0 Å². The van der Waals surface area contributed by atoms with Crippen LogP contribution in [0.5, 0.6) is 0 Å². The summed E-state index contributed by atoms with van der Waals surface area (Å²) in [4.78, 5) is 37.1. The van der Waals surface area contributed by atoms with Crippen LogP contribution in [0.25, 0.3) is 0 Å². The highest BCUT2D eigenvalue weighted by atomic mass is 16.5. The number of esters is 1. The number of amides is 2. The molecule has 0 spiro atoms. The molecular formula is C24H23N3O4. The van der Waals surface area contributed by atoms with Crippen molar-refractivity contribution in [3.8, 4) is 0 Å². The smallest absolute Gasteiger partial charge is 0.338 e. The number of anilines is 2. The number of hydrogen-bond donors (Lipinski definition) is 3. The van der Waals surface area contributed by atoms with E-state index in [0.717, 1.165) is 5.56 Å². The zero-order chi connectivity index (χ0) is 22.2. The topological polar surface area (TPSA) is 111 Å². The van der Waals surface area contributed by atoms with Gasteiger partial charge in [-0.25, -0.2) is 4.79 Å². The predicted molar refractivity (Wildman–Crippen MR) is 119 cm³/mol. The van der Waals surface area contributed by atoms with Crippen LogP contribution in [0.1, 0.15) is 39.2 Å². The zero-order valence-corrected chi connectivity index (χ0v) is 17.0. The molecule has 31 heavy (non-hydrogen) atoms. The maximum atomic E-state index is 12.8. The lowest BCUT2D eigenvalue weighted by Crippen LogP contribution is -2.28. The Bertz CT molecular complexity index is 1070. The summed E-state index contributed by atoms with van der Waals surface area (Å²) in [6.45, 7) is 1.39. The highest BCUT2D eigenvalue weighted by Gasteiger charge is 2.17. The van der Waals surface area contributed by atoms with Crippen LogP contribution < -0.4 is 16.4 Å². The summed E-state index contributed by atoms with van der Waals surface area (Å²) in [6.07, 6.45) is 0. The Labute approximate surface area is 180 Å². The second kappa shape index (κ2) is 10.1. The maximum Gasteiger partial charge on any atom is 0.338 e. The second-order valence-electron chi connectivity index (χ2n) is 6.90. The van der Waals surface area contributed by atoms with Gasteiger partial charge in [0.1, 0.15) is 0 Å². The Morgan fingerprint density at radius 3 is 2.26 bits per heavy atom. The van der Waals surface area contributed by atoms with Crippen LogP contribution in [-0.2, 0) is 9.53 Å². The van der Waals surface area contributed by atoms with Gasteiger partial charge < -0.3 is 21.1 Å². The minimum atomic E-state index is -0.641. The van der Waals surface area contributed by atoms with Gasteiger partial charge in [-0.3, -0.25) is 9.59 Å². The standard InChI is InChI=1S/C24H23N3O4/c1-16(17-7-3-2-4-8-17)26-23(29)20-9-5-6-10-21(20)27-22(28)15-31-24(30)18-11-13-19(25)14-12-18/h2-14,16H,15,25H2,1H3,(H,26,29)(H,27,28)/t16-/m0/s1. The fourth-order valence-electron chi connectivity index (χ4n) is 2.91. The van der Waals surface area contributed by atoms with Gasteiger partial charge in [-0.15, -0.1) is 0 Å². The number of nitrogen functional groups attached to an aromatic ring is 1. The van der Waals surface area contributed by atoms with Crippen LogP contribution in [0.4, 0.5) is 11.4 Å². The summed E-state index contributed by atoms with van der Waals surface area (Å²) < 4.78 is 5.03. The van der Waals surface area contributed by atoms with Crippen LogP contribution in [-0.4, -0.2) is 24.4 Å². The van der Waals surface area contributed by atoms with Gasteiger partial charge in [-0.05, 0) is 48.9 Å². The minimum Gasteiger partial charge on any atom is -0.452 e. The average molecular weight is 417 g/mol. The molecule has 0 fully saturated rings. The number of nitrogens with one attached hydrogen (secondary N) is 2. The lowest BCUT2D eigenvalue weighted by molar-refractivity contribution is -0.119. The molecule has 0 aliphatic rings. The molecule has 0 radical (unpaired) electrons. The molecule has 3 rings (SSSR count). The minimum absolute atomic E-state index is 0.210. The van der Waals surface area contributed by atoms with Crippen LogP contribution >= 0.6 is 0 Å². The number of rotatable bonds is 7. The molecule has 0 heterocycles. The first-order chi connectivity index (χ1) is 14.9. The van der Waals surface area contributed by atoms with Crippen LogP contribution in [0.2, 0.25) is 0 Å². The number of carbonyl (C=O) groups excluding carboxylic acids is 3. The van der Waals surface area contributed by atoms with Gasteiger partial charge in [0.2, 0.25) is 0 Å². The van der Waals surface area contributed by atoms with Crippen molar-refractivity contribution in [2.75, 3.05) is 17.7 Å². The fraction of sp³-hybridized carbons (Fsp3) is 0.125. The third-order valence-electron chi connectivity index (χ3n) is 4.57. The van der Waals surface area contributed by atoms with Crippen molar-refractivity contribution in [3.05, 3.63) is 95.6 Å². The van der Waals surface area contributed by atoms with E-state index < -0.39 is 18.5 Å². The number of para-hydroxylation sites is 1. The molecule has 4 N–H and O–H groups in total. The molecule has 7 nitrogen and oxygen atoms in total. The highest BCUT2D eigenvalue weighted by molar-refractivity contribution is 6.04. The number of carbonyl (C=O) groups is 3. The van der Waals surface area contributed by atoms with Gasteiger partial charge >= 0.3 is 5.97 Å². The average Bonchev–Trinajstić information content (AvgIpc) is 2.79. The van der Waals surface area contributed by atoms with E-state index in [4.69, 9.17) is 10.5 Å². The quantitative estimate of drug-likeness (QED) is 0.402. The lowest BCUT2D eigenvalue weighted by atomic mass is 10.1. The molecule has 3 aromatic carbocycles. The molecule has 158 valence electrons. The van der Waals surface area contributed by atoms with Crippen molar-refractivity contribution in [1.82, 2.24) is 5.32 Å². The summed E-state index contributed by atoms with van der Waals surface area (Å²) in [5, 5.41) is 5.54. The number of nitrogens with two attached hydrogens (primary N) is 1. The number of hydrogen-bond acceptors (Lipinski definition) is 5. The molecule has 0 aliphatic carbocycles. The molecule has 7 heteroatoms. The molecule has 1 atom stereocenters. The van der Waals surface area contributed by atoms with Crippen LogP contribution in [0.15, 0.2) is 78.9 Å². The molecule has 0 unspecified atom stereocenters. The van der Waals surface area contributed by atoms with E-state index in [9.17, 15) is 14.4 Å². The molecule has 2 amide bonds. The molecule has 0 saturated carbocycles. The molecule has 0 aliphatic heterocycles.